The van der Waals surface area contributed by atoms with Crippen molar-refractivity contribution in [2.45, 2.75) is 31.8 Å². The van der Waals surface area contributed by atoms with E-state index in [1.54, 1.807) is 6.20 Å². The van der Waals surface area contributed by atoms with Crippen molar-refractivity contribution in [3.63, 3.8) is 0 Å². The molecule has 6 nitrogen and oxygen atoms in total. The molecular weight excluding hydrogens is 302 g/mol. The lowest BCUT2D eigenvalue weighted by Crippen LogP contribution is -2.54. The number of carbonyl (C=O) groups excluding carboxylic acids is 1. The number of nitrogens with one attached hydrogen (secondary N) is 1. The van der Waals surface area contributed by atoms with Crippen LogP contribution < -0.4 is 10.2 Å². The van der Waals surface area contributed by atoms with Gasteiger partial charge in [0.15, 0.2) is 0 Å². The van der Waals surface area contributed by atoms with Gasteiger partial charge in [-0.05, 0) is 31.9 Å². The maximum atomic E-state index is 12.2. The number of pyridine rings is 2. The molecule has 2 aromatic heterocycles. The van der Waals surface area contributed by atoms with E-state index in [0.29, 0.717) is 6.04 Å². The second-order valence-corrected chi connectivity index (χ2v) is 6.70. The van der Waals surface area contributed by atoms with Gasteiger partial charge in [0.05, 0.1) is 11.6 Å². The van der Waals surface area contributed by atoms with Crippen LogP contribution in [0.1, 0.15) is 19.8 Å². The quantitative estimate of drug-likeness (QED) is 0.921. The van der Waals surface area contributed by atoms with Crippen LogP contribution in [0.15, 0.2) is 30.7 Å². The molecule has 6 heteroatoms. The Bertz CT molecular complexity index is 732. The van der Waals surface area contributed by atoms with Crippen LogP contribution in [0.5, 0.6) is 0 Å². The highest BCUT2D eigenvalue weighted by Crippen LogP contribution is 2.26. The van der Waals surface area contributed by atoms with Crippen molar-refractivity contribution in [1.29, 1.82) is 0 Å². The van der Waals surface area contributed by atoms with Gasteiger partial charge in [0.2, 0.25) is 5.91 Å². The molecule has 0 spiro atoms. The predicted molar refractivity (Wildman–Crippen MR) is 94.0 cm³/mol. The molecular formula is C18H23N5O. The van der Waals surface area contributed by atoms with Gasteiger partial charge in [-0.3, -0.25) is 19.7 Å². The van der Waals surface area contributed by atoms with Crippen LogP contribution in [-0.4, -0.2) is 59.0 Å². The molecule has 24 heavy (non-hydrogen) atoms. The van der Waals surface area contributed by atoms with Gasteiger partial charge in [0.1, 0.15) is 0 Å². The second-order valence-electron chi connectivity index (χ2n) is 6.70. The van der Waals surface area contributed by atoms with Crippen LogP contribution in [0.25, 0.3) is 10.9 Å². The number of nitrogens with zero attached hydrogens (tertiary/aromatic N) is 4. The van der Waals surface area contributed by atoms with E-state index in [1.165, 1.54) is 5.69 Å². The number of hydrogen-bond acceptors (Lipinski definition) is 5. The first-order valence-electron chi connectivity index (χ1n) is 8.70. The van der Waals surface area contributed by atoms with Crippen LogP contribution in [0.3, 0.4) is 0 Å². The summed E-state index contributed by atoms with van der Waals surface area (Å²) in [7, 11) is 0. The SMILES string of the molecule is CC(C(=O)NC1CC1)N1CCN(c2ccnc3ccncc23)CC1. The monoisotopic (exact) mass is 325 g/mol. The molecule has 0 aromatic carbocycles. The van der Waals surface area contributed by atoms with Gasteiger partial charge in [-0.25, -0.2) is 0 Å². The molecule has 2 aromatic rings. The van der Waals surface area contributed by atoms with Gasteiger partial charge < -0.3 is 10.2 Å². The molecule has 1 N–H and O–H groups in total. The van der Waals surface area contributed by atoms with E-state index in [9.17, 15) is 4.79 Å². The average molecular weight is 325 g/mol. The van der Waals surface area contributed by atoms with Crippen LogP contribution in [0.4, 0.5) is 5.69 Å². The summed E-state index contributed by atoms with van der Waals surface area (Å²) in [6, 6.07) is 4.38. The van der Waals surface area contributed by atoms with Gasteiger partial charge >= 0.3 is 0 Å². The van der Waals surface area contributed by atoms with Crippen molar-refractivity contribution < 1.29 is 4.79 Å². The van der Waals surface area contributed by atoms with Gasteiger partial charge in [-0.2, -0.15) is 0 Å². The topological polar surface area (TPSA) is 61.4 Å². The van der Waals surface area contributed by atoms with Crippen LogP contribution in [-0.2, 0) is 4.79 Å². The molecule has 126 valence electrons. The highest BCUT2D eigenvalue weighted by atomic mass is 16.2. The van der Waals surface area contributed by atoms with E-state index in [2.05, 4.69) is 31.2 Å². The molecule has 1 atom stereocenters. The average Bonchev–Trinajstić information content (AvgIpc) is 3.45. The summed E-state index contributed by atoms with van der Waals surface area (Å²) in [6.07, 6.45) is 7.79. The van der Waals surface area contributed by atoms with Gasteiger partial charge in [-0.1, -0.05) is 0 Å². The van der Waals surface area contributed by atoms with Crippen LogP contribution in [0, 0.1) is 0 Å². The zero-order chi connectivity index (χ0) is 16.5. The number of aromatic nitrogens is 2. The molecule has 0 bridgehead atoms. The highest BCUT2D eigenvalue weighted by Gasteiger charge is 2.30. The molecule has 4 rings (SSSR count). The standard InChI is InChI=1S/C18H23N5O/c1-13(18(24)21-14-2-3-14)22-8-10-23(11-9-22)17-5-7-20-16-4-6-19-12-15(16)17/h4-7,12-14H,2-3,8-11H2,1H3,(H,21,24). The maximum Gasteiger partial charge on any atom is 0.237 e. The number of anilines is 1. The van der Waals surface area contributed by atoms with Crippen LogP contribution in [0.2, 0.25) is 0 Å². The fourth-order valence-electron chi connectivity index (χ4n) is 3.32. The molecule has 1 amide bonds. The van der Waals surface area contributed by atoms with Crippen molar-refractivity contribution >= 4 is 22.5 Å². The zero-order valence-corrected chi connectivity index (χ0v) is 14.0. The minimum atomic E-state index is -0.0522. The number of fused-ring (bicyclic) bond motifs is 1. The smallest absolute Gasteiger partial charge is 0.237 e. The second kappa shape index (κ2) is 6.36. The van der Waals surface area contributed by atoms with Crippen LogP contribution >= 0.6 is 0 Å². The molecule has 1 aliphatic heterocycles. The van der Waals surface area contributed by atoms with Gasteiger partial charge in [-0.15, -0.1) is 0 Å². The third-order valence-electron chi connectivity index (χ3n) is 5.03. The zero-order valence-electron chi connectivity index (χ0n) is 14.0. The van der Waals surface area contributed by atoms with E-state index in [1.807, 2.05) is 25.4 Å². The minimum absolute atomic E-state index is 0.0522. The van der Waals surface area contributed by atoms with E-state index in [4.69, 9.17) is 0 Å². The molecule has 1 saturated carbocycles. The molecule has 1 aliphatic carbocycles. The van der Waals surface area contributed by atoms with Gasteiger partial charge in [0, 0.05) is 61.9 Å². The summed E-state index contributed by atoms with van der Waals surface area (Å²) in [6.45, 7) is 5.62. The number of carbonyl (C=O) groups is 1. The molecule has 1 saturated heterocycles. The van der Waals surface area contributed by atoms with E-state index >= 15 is 0 Å². The number of rotatable bonds is 4. The minimum Gasteiger partial charge on any atom is -0.368 e. The van der Waals surface area contributed by atoms with Crippen molar-refractivity contribution in [3.8, 4) is 0 Å². The molecule has 0 radical (unpaired) electrons. The van der Waals surface area contributed by atoms with Crippen molar-refractivity contribution in [1.82, 2.24) is 20.2 Å². The largest absolute Gasteiger partial charge is 0.368 e. The Balaban J connectivity index is 1.42. The maximum absolute atomic E-state index is 12.2. The van der Waals surface area contributed by atoms with E-state index in [0.717, 1.165) is 49.9 Å². The lowest BCUT2D eigenvalue weighted by molar-refractivity contribution is -0.126. The predicted octanol–water partition coefficient (Wildman–Crippen LogP) is 1.42. The fraction of sp³-hybridized carbons (Fsp3) is 0.500. The number of piperazine rings is 1. The lowest BCUT2D eigenvalue weighted by Gasteiger charge is -2.38. The molecule has 1 unspecified atom stereocenters. The van der Waals surface area contributed by atoms with E-state index in [-0.39, 0.29) is 11.9 Å². The highest BCUT2D eigenvalue weighted by molar-refractivity contribution is 5.90. The normalized spacial score (nSPS) is 20.1. The Morgan fingerprint density at radius 2 is 2.00 bits per heavy atom. The van der Waals surface area contributed by atoms with E-state index < -0.39 is 0 Å². The van der Waals surface area contributed by atoms with Crippen molar-refractivity contribution in [2.24, 2.45) is 0 Å². The first-order valence-corrected chi connectivity index (χ1v) is 8.70. The Morgan fingerprint density at radius 3 is 2.75 bits per heavy atom. The summed E-state index contributed by atoms with van der Waals surface area (Å²) >= 11 is 0. The van der Waals surface area contributed by atoms with Crippen molar-refractivity contribution in [2.75, 3.05) is 31.1 Å². The summed E-state index contributed by atoms with van der Waals surface area (Å²) in [5.41, 5.74) is 2.16. The number of hydrogen-bond donors (Lipinski definition) is 1. The summed E-state index contributed by atoms with van der Waals surface area (Å²) in [5.74, 6) is 0.171. The van der Waals surface area contributed by atoms with Crippen molar-refractivity contribution in [3.05, 3.63) is 30.7 Å². The Labute approximate surface area is 141 Å². The lowest BCUT2D eigenvalue weighted by atomic mass is 10.1. The third kappa shape index (κ3) is 3.06. The molecule has 2 aliphatic rings. The summed E-state index contributed by atoms with van der Waals surface area (Å²) < 4.78 is 0. The van der Waals surface area contributed by atoms with Gasteiger partial charge in [0.25, 0.3) is 0 Å². The first kappa shape index (κ1) is 15.3. The Kier molecular flexibility index (Phi) is 4.06. The Hall–Kier alpha value is -2.21. The Morgan fingerprint density at radius 1 is 1.21 bits per heavy atom. The number of amides is 1. The summed E-state index contributed by atoms with van der Waals surface area (Å²) in [4.78, 5) is 25.5. The summed E-state index contributed by atoms with van der Waals surface area (Å²) in [5, 5.41) is 4.20. The first-order chi connectivity index (χ1) is 11.7. The third-order valence-corrected chi connectivity index (χ3v) is 5.03. The fourth-order valence-corrected chi connectivity index (χ4v) is 3.32. The molecule has 2 fully saturated rings. The molecule has 3 heterocycles.